The Labute approximate surface area is 275 Å². The van der Waals surface area contributed by atoms with Crippen LogP contribution in [0.5, 0.6) is 5.75 Å². The highest BCUT2D eigenvalue weighted by molar-refractivity contribution is 6.14. The van der Waals surface area contributed by atoms with Crippen LogP contribution in [-0.2, 0) is 16.1 Å². The molecule has 1 saturated heterocycles. The standard InChI is InChI=1S/C37H41N5O5/c43-31-17-15-28(16-18-31)27-38-22-23-39-36(45)42(30-11-5-2-6-12-30)35(44)21-26-41-24-19-32(20-25-41)47-37(46)40-34-14-8-7-13-33(34)29-9-3-1-4-10-29/h1-18,32,38,43H,19-27H2,(H,39,45)(H,40,46). The van der Waals surface area contributed by atoms with E-state index in [0.29, 0.717) is 63.5 Å². The summed E-state index contributed by atoms with van der Waals surface area (Å²) in [6, 6.07) is 32.9. The number of benzene rings is 4. The van der Waals surface area contributed by atoms with Gasteiger partial charge < -0.3 is 25.4 Å². The van der Waals surface area contributed by atoms with Gasteiger partial charge in [0.05, 0.1) is 11.4 Å². The lowest BCUT2D eigenvalue weighted by Gasteiger charge is -2.32. The molecule has 0 spiro atoms. The lowest BCUT2D eigenvalue weighted by molar-refractivity contribution is -0.118. The van der Waals surface area contributed by atoms with Gasteiger partial charge in [-0.15, -0.1) is 0 Å². The molecule has 4 aromatic carbocycles. The SMILES string of the molecule is O=C(Nc1ccccc1-c1ccccc1)OC1CCN(CCC(=O)N(C(=O)NCCNCc2ccc(O)cc2)c2ccccc2)CC1. The smallest absolute Gasteiger partial charge is 0.411 e. The van der Waals surface area contributed by atoms with E-state index in [1.165, 1.54) is 4.90 Å². The van der Waals surface area contributed by atoms with Crippen LogP contribution in [0.25, 0.3) is 11.1 Å². The van der Waals surface area contributed by atoms with Crippen molar-refractivity contribution in [3.63, 3.8) is 0 Å². The van der Waals surface area contributed by atoms with Gasteiger partial charge in [0.25, 0.3) is 0 Å². The largest absolute Gasteiger partial charge is 0.508 e. The second-order valence-electron chi connectivity index (χ2n) is 11.4. The zero-order valence-electron chi connectivity index (χ0n) is 26.3. The van der Waals surface area contributed by atoms with Crippen molar-refractivity contribution in [3.05, 3.63) is 115 Å². The summed E-state index contributed by atoms with van der Waals surface area (Å²) < 4.78 is 5.75. The predicted octanol–water partition coefficient (Wildman–Crippen LogP) is 5.99. The van der Waals surface area contributed by atoms with Crippen molar-refractivity contribution in [2.24, 2.45) is 0 Å². The van der Waals surface area contributed by atoms with Gasteiger partial charge >= 0.3 is 12.1 Å². The van der Waals surface area contributed by atoms with Crippen molar-refractivity contribution in [3.8, 4) is 16.9 Å². The monoisotopic (exact) mass is 635 g/mol. The highest BCUT2D eigenvalue weighted by atomic mass is 16.6. The summed E-state index contributed by atoms with van der Waals surface area (Å²) in [5, 5.41) is 18.4. The summed E-state index contributed by atoms with van der Waals surface area (Å²) in [4.78, 5) is 42.7. The number of imide groups is 1. The van der Waals surface area contributed by atoms with E-state index < -0.39 is 12.1 Å². The van der Waals surface area contributed by atoms with Crippen molar-refractivity contribution >= 4 is 29.4 Å². The van der Waals surface area contributed by atoms with E-state index in [2.05, 4.69) is 20.9 Å². The molecule has 4 N–H and O–H groups in total. The van der Waals surface area contributed by atoms with Gasteiger partial charge in [-0.2, -0.15) is 0 Å². The highest BCUT2D eigenvalue weighted by Gasteiger charge is 2.26. The van der Waals surface area contributed by atoms with E-state index >= 15 is 0 Å². The van der Waals surface area contributed by atoms with Crippen LogP contribution < -0.4 is 20.9 Å². The van der Waals surface area contributed by atoms with Gasteiger partial charge in [0.2, 0.25) is 5.91 Å². The van der Waals surface area contributed by atoms with E-state index in [0.717, 1.165) is 16.7 Å². The predicted molar refractivity (Wildman–Crippen MR) is 183 cm³/mol. The third kappa shape index (κ3) is 9.90. The first-order valence-corrected chi connectivity index (χ1v) is 15.9. The maximum Gasteiger partial charge on any atom is 0.411 e. The van der Waals surface area contributed by atoms with Crippen molar-refractivity contribution < 1.29 is 24.2 Å². The third-order valence-electron chi connectivity index (χ3n) is 8.01. The summed E-state index contributed by atoms with van der Waals surface area (Å²) in [7, 11) is 0. The van der Waals surface area contributed by atoms with Crippen molar-refractivity contribution in [1.82, 2.24) is 15.5 Å². The Hall–Kier alpha value is -5.19. The Morgan fingerprint density at radius 2 is 1.47 bits per heavy atom. The first kappa shape index (κ1) is 33.2. The number of nitrogens with zero attached hydrogens (tertiary/aromatic N) is 2. The molecule has 0 saturated carbocycles. The first-order chi connectivity index (χ1) is 23.0. The maximum absolute atomic E-state index is 13.4. The second kappa shape index (κ2) is 16.9. The molecule has 0 aliphatic carbocycles. The lowest BCUT2D eigenvalue weighted by Crippen LogP contribution is -2.47. The summed E-state index contributed by atoms with van der Waals surface area (Å²) >= 11 is 0. The molecule has 0 atom stereocenters. The fourth-order valence-electron chi connectivity index (χ4n) is 5.50. The minimum Gasteiger partial charge on any atom is -0.508 e. The van der Waals surface area contributed by atoms with Crippen molar-refractivity contribution in [1.29, 1.82) is 0 Å². The molecule has 1 heterocycles. The molecular weight excluding hydrogens is 594 g/mol. The van der Waals surface area contributed by atoms with Crippen molar-refractivity contribution in [2.45, 2.75) is 31.9 Å². The number of hydrogen-bond donors (Lipinski definition) is 4. The molecule has 0 unspecified atom stereocenters. The van der Waals surface area contributed by atoms with Gasteiger partial charge in [-0.05, 0) is 54.3 Å². The number of anilines is 2. The molecule has 0 aromatic heterocycles. The molecule has 1 fully saturated rings. The summed E-state index contributed by atoms with van der Waals surface area (Å²) in [6.07, 6.45) is 0.773. The molecule has 10 nitrogen and oxygen atoms in total. The topological polar surface area (TPSA) is 123 Å². The number of hydrogen-bond acceptors (Lipinski definition) is 7. The van der Waals surface area contributed by atoms with E-state index in [-0.39, 0.29) is 24.2 Å². The molecule has 1 aliphatic rings. The number of ether oxygens (including phenoxy) is 1. The molecule has 0 radical (unpaired) electrons. The zero-order valence-corrected chi connectivity index (χ0v) is 26.3. The van der Waals surface area contributed by atoms with Crippen LogP contribution in [0, 0.1) is 0 Å². The average Bonchev–Trinajstić information content (AvgIpc) is 3.10. The van der Waals surface area contributed by atoms with Crippen LogP contribution in [0.4, 0.5) is 21.0 Å². The fourth-order valence-corrected chi connectivity index (χ4v) is 5.50. The number of likely N-dealkylation sites (tertiary alicyclic amines) is 1. The van der Waals surface area contributed by atoms with Crippen LogP contribution in [0.3, 0.4) is 0 Å². The van der Waals surface area contributed by atoms with Crippen LogP contribution >= 0.6 is 0 Å². The number of nitrogens with one attached hydrogen (secondary N) is 3. The number of phenols is 1. The molecule has 1 aliphatic heterocycles. The number of aromatic hydroxyl groups is 1. The molecule has 47 heavy (non-hydrogen) atoms. The summed E-state index contributed by atoms with van der Waals surface area (Å²) in [5.74, 6) is -0.0766. The molecule has 10 heteroatoms. The number of phenolic OH excluding ortho intramolecular Hbond substituents is 1. The van der Waals surface area contributed by atoms with Gasteiger partial charge in [0.15, 0.2) is 0 Å². The Morgan fingerprint density at radius 3 is 2.19 bits per heavy atom. The van der Waals surface area contributed by atoms with Crippen molar-refractivity contribution in [2.75, 3.05) is 42.9 Å². The minimum atomic E-state index is -0.484. The Morgan fingerprint density at radius 1 is 0.809 bits per heavy atom. The number of amides is 4. The number of rotatable bonds is 12. The summed E-state index contributed by atoms with van der Waals surface area (Å²) in [5.41, 5.74) is 4.15. The van der Waals surface area contributed by atoms with Crippen LogP contribution in [0.2, 0.25) is 0 Å². The molecule has 0 bridgehead atoms. The second-order valence-corrected chi connectivity index (χ2v) is 11.4. The number of piperidine rings is 1. The molecule has 4 aromatic rings. The van der Waals surface area contributed by atoms with Gasteiger partial charge in [-0.1, -0.05) is 78.9 Å². The van der Waals surface area contributed by atoms with E-state index in [9.17, 15) is 19.5 Å². The van der Waals surface area contributed by atoms with Crippen LogP contribution in [0.15, 0.2) is 109 Å². The number of carbonyl (C=O) groups excluding carboxylic acids is 3. The molecular formula is C37H41N5O5. The van der Waals surface area contributed by atoms with Gasteiger partial charge in [0, 0.05) is 51.3 Å². The van der Waals surface area contributed by atoms with Crippen LogP contribution in [-0.4, -0.2) is 66.9 Å². The Bertz CT molecular complexity index is 1590. The zero-order chi connectivity index (χ0) is 32.8. The van der Waals surface area contributed by atoms with E-state index in [4.69, 9.17) is 4.74 Å². The minimum absolute atomic E-state index is 0.170. The lowest BCUT2D eigenvalue weighted by atomic mass is 10.0. The number of urea groups is 1. The summed E-state index contributed by atoms with van der Waals surface area (Å²) in [6.45, 7) is 3.29. The fraction of sp³-hybridized carbons (Fsp3) is 0.270. The molecule has 244 valence electrons. The normalized spacial score (nSPS) is 13.4. The number of carbonyl (C=O) groups is 3. The van der Waals surface area contributed by atoms with Gasteiger partial charge in [0.1, 0.15) is 11.9 Å². The third-order valence-corrected chi connectivity index (χ3v) is 8.01. The van der Waals surface area contributed by atoms with E-state index in [1.807, 2.05) is 72.8 Å². The average molecular weight is 636 g/mol. The number of para-hydroxylation sites is 2. The molecule has 5 rings (SSSR count). The van der Waals surface area contributed by atoms with Gasteiger partial charge in [-0.3, -0.25) is 10.1 Å². The Kier molecular flexibility index (Phi) is 12.0. The quantitative estimate of drug-likeness (QED) is 0.141. The highest BCUT2D eigenvalue weighted by Crippen LogP contribution is 2.28. The van der Waals surface area contributed by atoms with Gasteiger partial charge in [-0.25, -0.2) is 14.5 Å². The Balaban J connectivity index is 1.06. The maximum atomic E-state index is 13.4. The first-order valence-electron chi connectivity index (χ1n) is 15.9. The van der Waals surface area contributed by atoms with Crippen LogP contribution in [0.1, 0.15) is 24.8 Å². The van der Waals surface area contributed by atoms with E-state index in [1.54, 1.807) is 36.4 Å². The molecule has 4 amide bonds.